The first-order chi connectivity index (χ1) is 10.5. The molecule has 0 amide bonds. The lowest BCUT2D eigenvalue weighted by molar-refractivity contribution is 0.0334. The van der Waals surface area contributed by atoms with Crippen LogP contribution in [0.1, 0.15) is 31.4 Å². The summed E-state index contributed by atoms with van der Waals surface area (Å²) in [5.41, 5.74) is 1.08. The normalized spacial score (nSPS) is 21.5. The molecule has 0 radical (unpaired) electrons. The fourth-order valence-corrected chi connectivity index (χ4v) is 3.07. The van der Waals surface area contributed by atoms with Crippen LogP contribution in [0.25, 0.3) is 0 Å². The number of aliphatic hydroxyl groups excluding tert-OH is 1. The van der Waals surface area contributed by atoms with E-state index in [0.717, 1.165) is 26.1 Å². The van der Waals surface area contributed by atoms with Gasteiger partial charge in [-0.25, -0.2) is 4.39 Å². The van der Waals surface area contributed by atoms with Gasteiger partial charge in [-0.1, -0.05) is 6.92 Å². The fraction of sp³-hybridized carbons (Fsp3) is 0.588. The van der Waals surface area contributed by atoms with E-state index in [1.165, 1.54) is 12.1 Å². The number of hydrogen-bond acceptors (Lipinski definition) is 4. The molecule has 1 fully saturated rings. The molecular weight excluding hydrogens is 281 g/mol. The van der Waals surface area contributed by atoms with Crippen molar-refractivity contribution in [1.29, 1.82) is 5.26 Å². The minimum absolute atomic E-state index is 0.251. The van der Waals surface area contributed by atoms with Crippen molar-refractivity contribution in [2.75, 3.05) is 26.2 Å². The maximum Gasteiger partial charge on any atom is 0.127 e. The van der Waals surface area contributed by atoms with Crippen molar-refractivity contribution in [2.24, 2.45) is 0 Å². The van der Waals surface area contributed by atoms with Gasteiger partial charge in [0.2, 0.25) is 0 Å². The van der Waals surface area contributed by atoms with E-state index in [-0.39, 0.29) is 11.9 Å². The third kappa shape index (κ3) is 4.26. The monoisotopic (exact) mass is 305 g/mol. The first kappa shape index (κ1) is 16.9. The lowest BCUT2D eigenvalue weighted by Crippen LogP contribution is -2.54. The minimum atomic E-state index is -0.328. The zero-order valence-corrected chi connectivity index (χ0v) is 13.3. The van der Waals surface area contributed by atoms with Crippen LogP contribution in [0.4, 0.5) is 4.39 Å². The average molecular weight is 305 g/mol. The first-order valence-corrected chi connectivity index (χ1v) is 7.86. The number of rotatable bonds is 5. The molecule has 0 unspecified atom stereocenters. The number of benzene rings is 1. The maximum atomic E-state index is 13.9. The molecule has 120 valence electrons. The summed E-state index contributed by atoms with van der Waals surface area (Å²) in [6.45, 7) is 7.74. The number of aliphatic hydroxyl groups is 1. The van der Waals surface area contributed by atoms with Gasteiger partial charge in [-0.05, 0) is 31.5 Å². The van der Waals surface area contributed by atoms with Crippen LogP contribution in [-0.4, -0.2) is 53.2 Å². The standard InChI is InChI=1S/C17H24FN3O/c1-3-16-12-20(6-7-21(16)10-13(2)22)11-15-8-14(9-19)4-5-17(15)18/h4-5,8,13,16,22H,3,6-7,10-12H2,1-2H3/t13-,16-/m0/s1. The highest BCUT2D eigenvalue weighted by molar-refractivity contribution is 5.33. The molecule has 1 saturated heterocycles. The molecule has 2 rings (SSSR count). The number of nitriles is 1. The highest BCUT2D eigenvalue weighted by atomic mass is 19.1. The summed E-state index contributed by atoms with van der Waals surface area (Å²) in [5.74, 6) is -0.251. The predicted molar refractivity (Wildman–Crippen MR) is 83.7 cm³/mol. The van der Waals surface area contributed by atoms with E-state index in [1.54, 1.807) is 6.07 Å². The van der Waals surface area contributed by atoms with Crippen molar-refractivity contribution in [1.82, 2.24) is 9.80 Å². The van der Waals surface area contributed by atoms with Crippen molar-refractivity contribution in [3.8, 4) is 6.07 Å². The van der Waals surface area contributed by atoms with Crippen molar-refractivity contribution < 1.29 is 9.50 Å². The van der Waals surface area contributed by atoms with Crippen molar-refractivity contribution in [2.45, 2.75) is 39.0 Å². The minimum Gasteiger partial charge on any atom is -0.392 e. The van der Waals surface area contributed by atoms with Crippen molar-refractivity contribution >= 4 is 0 Å². The summed E-state index contributed by atoms with van der Waals surface area (Å²) in [6.07, 6.45) is 0.676. The van der Waals surface area contributed by atoms with E-state index in [9.17, 15) is 9.50 Å². The molecule has 4 nitrogen and oxygen atoms in total. The van der Waals surface area contributed by atoms with E-state index in [0.29, 0.717) is 30.3 Å². The third-order valence-electron chi connectivity index (χ3n) is 4.23. The smallest absolute Gasteiger partial charge is 0.127 e. The molecule has 0 aliphatic carbocycles. The van der Waals surface area contributed by atoms with Crippen LogP contribution in [0, 0.1) is 17.1 Å². The number of halogens is 1. The lowest BCUT2D eigenvalue weighted by atomic mass is 10.1. The Kier molecular flexibility index (Phi) is 5.90. The molecular formula is C17H24FN3O. The predicted octanol–water partition coefficient (Wildman–Crippen LogP) is 1.97. The van der Waals surface area contributed by atoms with E-state index in [2.05, 4.69) is 22.8 Å². The molecule has 1 N–H and O–H groups in total. The number of piperazine rings is 1. The molecule has 1 aliphatic rings. The van der Waals surface area contributed by atoms with Gasteiger partial charge in [-0.3, -0.25) is 9.80 Å². The molecule has 2 atom stereocenters. The van der Waals surface area contributed by atoms with E-state index in [1.807, 2.05) is 6.92 Å². The Labute approximate surface area is 131 Å². The Balaban J connectivity index is 2.02. The molecule has 1 aliphatic heterocycles. The second-order valence-electron chi connectivity index (χ2n) is 6.06. The summed E-state index contributed by atoms with van der Waals surface area (Å²) in [7, 11) is 0. The van der Waals surface area contributed by atoms with Gasteiger partial charge in [0.1, 0.15) is 5.82 Å². The third-order valence-corrected chi connectivity index (χ3v) is 4.23. The highest BCUT2D eigenvalue weighted by Crippen LogP contribution is 2.18. The van der Waals surface area contributed by atoms with Gasteiger partial charge in [-0.15, -0.1) is 0 Å². The van der Waals surface area contributed by atoms with Crippen molar-refractivity contribution in [3.05, 3.63) is 35.1 Å². The summed E-state index contributed by atoms with van der Waals surface area (Å²) >= 11 is 0. The van der Waals surface area contributed by atoms with E-state index >= 15 is 0 Å². The Morgan fingerprint density at radius 1 is 1.45 bits per heavy atom. The van der Waals surface area contributed by atoms with Crippen LogP contribution >= 0.6 is 0 Å². The SMILES string of the molecule is CC[C@H]1CN(Cc2cc(C#N)ccc2F)CCN1C[C@H](C)O. The molecule has 22 heavy (non-hydrogen) atoms. The van der Waals surface area contributed by atoms with Gasteiger partial charge in [0.25, 0.3) is 0 Å². The van der Waals surface area contributed by atoms with Gasteiger partial charge in [0.15, 0.2) is 0 Å². The molecule has 1 aromatic carbocycles. The molecule has 0 spiro atoms. The van der Waals surface area contributed by atoms with E-state index < -0.39 is 0 Å². The van der Waals surface area contributed by atoms with Crippen LogP contribution in [0.5, 0.6) is 0 Å². The number of hydrogen-bond donors (Lipinski definition) is 1. The second kappa shape index (κ2) is 7.68. The van der Waals surface area contributed by atoms with Crippen molar-refractivity contribution in [3.63, 3.8) is 0 Å². The molecule has 1 heterocycles. The van der Waals surface area contributed by atoms with Gasteiger partial charge in [0, 0.05) is 44.3 Å². The van der Waals surface area contributed by atoms with Crippen LogP contribution in [0.15, 0.2) is 18.2 Å². The van der Waals surface area contributed by atoms with Gasteiger partial charge in [-0.2, -0.15) is 5.26 Å². The fourth-order valence-electron chi connectivity index (χ4n) is 3.07. The summed E-state index contributed by atoms with van der Waals surface area (Å²) < 4.78 is 13.9. The highest BCUT2D eigenvalue weighted by Gasteiger charge is 2.26. The number of β-amino-alcohol motifs (C(OH)–C–C–N with tert-alkyl or cyclic N) is 1. The Morgan fingerprint density at radius 2 is 2.23 bits per heavy atom. The largest absolute Gasteiger partial charge is 0.392 e. The quantitative estimate of drug-likeness (QED) is 0.904. The summed E-state index contributed by atoms with van der Waals surface area (Å²) in [4.78, 5) is 4.54. The van der Waals surface area contributed by atoms with Gasteiger partial charge >= 0.3 is 0 Å². The topological polar surface area (TPSA) is 50.5 Å². The zero-order chi connectivity index (χ0) is 16.1. The average Bonchev–Trinajstić information content (AvgIpc) is 2.50. The lowest BCUT2D eigenvalue weighted by Gasteiger charge is -2.41. The van der Waals surface area contributed by atoms with E-state index in [4.69, 9.17) is 5.26 Å². The molecule has 0 aromatic heterocycles. The maximum absolute atomic E-state index is 13.9. The van der Waals surface area contributed by atoms with Gasteiger partial charge in [0.05, 0.1) is 17.7 Å². The molecule has 5 heteroatoms. The Morgan fingerprint density at radius 3 is 2.86 bits per heavy atom. The van der Waals surface area contributed by atoms with Crippen LogP contribution in [-0.2, 0) is 6.54 Å². The summed E-state index contributed by atoms with van der Waals surface area (Å²) in [5, 5.41) is 18.5. The molecule has 0 bridgehead atoms. The first-order valence-electron chi connectivity index (χ1n) is 7.86. The Bertz CT molecular complexity index is 541. The zero-order valence-electron chi connectivity index (χ0n) is 13.3. The van der Waals surface area contributed by atoms with Gasteiger partial charge < -0.3 is 5.11 Å². The Hall–Kier alpha value is -1.48. The second-order valence-corrected chi connectivity index (χ2v) is 6.06. The van der Waals surface area contributed by atoms with Crippen LogP contribution in [0.3, 0.4) is 0 Å². The van der Waals surface area contributed by atoms with Crippen LogP contribution < -0.4 is 0 Å². The number of nitrogens with zero attached hydrogens (tertiary/aromatic N) is 3. The molecule has 1 aromatic rings. The summed E-state index contributed by atoms with van der Waals surface area (Å²) in [6, 6.07) is 6.95. The van der Waals surface area contributed by atoms with Crippen LogP contribution in [0.2, 0.25) is 0 Å². The molecule has 0 saturated carbocycles.